The summed E-state index contributed by atoms with van der Waals surface area (Å²) in [6.45, 7) is 4.66. The Hall–Kier alpha value is -6.01. The molecule has 17 nitrogen and oxygen atoms in total. The maximum absolute atomic E-state index is 15.3. The summed E-state index contributed by atoms with van der Waals surface area (Å²) >= 11 is 0. The maximum Gasteiger partial charge on any atom is 0.301 e. The van der Waals surface area contributed by atoms with Crippen molar-refractivity contribution >= 4 is 61.6 Å². The minimum Gasteiger partial charge on any atom is -0.374 e. The monoisotopic (exact) mass is 900 g/mol. The minimum absolute atomic E-state index is 0.00196. The molecule has 1 unspecified atom stereocenters. The molecule has 4 N–H and O–H groups in total. The van der Waals surface area contributed by atoms with E-state index in [2.05, 4.69) is 30.6 Å². The zero-order valence-corrected chi connectivity index (χ0v) is 36.3. The van der Waals surface area contributed by atoms with Gasteiger partial charge in [0, 0.05) is 44.5 Å². The summed E-state index contributed by atoms with van der Waals surface area (Å²) in [6, 6.07) is 12.8. The van der Waals surface area contributed by atoms with Crippen molar-refractivity contribution in [1.82, 2.24) is 29.0 Å². The fourth-order valence-corrected chi connectivity index (χ4v) is 10.0. The molecule has 338 valence electrons. The number of nitriles is 1. The van der Waals surface area contributed by atoms with Crippen molar-refractivity contribution in [3.63, 3.8) is 0 Å². The van der Waals surface area contributed by atoms with Gasteiger partial charge in [-0.1, -0.05) is 13.0 Å². The number of nitrogens with one attached hydrogen (secondary N) is 4. The van der Waals surface area contributed by atoms with Crippen LogP contribution in [0.3, 0.4) is 0 Å². The lowest BCUT2D eigenvalue weighted by molar-refractivity contribution is -0.137. The topological polar surface area (TPSA) is 211 Å². The van der Waals surface area contributed by atoms with Crippen molar-refractivity contribution in [2.75, 3.05) is 68.3 Å². The van der Waals surface area contributed by atoms with Gasteiger partial charge in [-0.25, -0.2) is 13.8 Å². The lowest BCUT2D eigenvalue weighted by Crippen LogP contribution is -2.50. The van der Waals surface area contributed by atoms with Gasteiger partial charge in [0.05, 0.1) is 53.4 Å². The molecular formula is C44H50F2N10O7S. The molecule has 4 fully saturated rings. The Bertz CT molecular complexity index is 2690. The Morgan fingerprint density at radius 3 is 2.47 bits per heavy atom. The van der Waals surface area contributed by atoms with Gasteiger partial charge in [-0.3, -0.25) is 38.7 Å². The molecule has 5 heterocycles. The van der Waals surface area contributed by atoms with Crippen LogP contribution in [0.5, 0.6) is 0 Å². The summed E-state index contributed by atoms with van der Waals surface area (Å²) in [7, 11) is -2.64. The number of hydrogen-bond acceptors (Lipinski definition) is 12. The fraction of sp³-hybridized carbons (Fsp3) is 0.455. The number of amides is 3. The van der Waals surface area contributed by atoms with Crippen LogP contribution in [0, 0.1) is 23.0 Å². The van der Waals surface area contributed by atoms with E-state index in [0.29, 0.717) is 81.5 Å². The molecule has 1 spiro atoms. The first kappa shape index (κ1) is 44.6. The van der Waals surface area contributed by atoms with Crippen LogP contribution in [0.25, 0.3) is 10.9 Å². The van der Waals surface area contributed by atoms with Crippen LogP contribution in [0.4, 0.5) is 31.5 Å². The average molecular weight is 901 g/mol. The van der Waals surface area contributed by atoms with Gasteiger partial charge in [-0.2, -0.15) is 18.0 Å². The molecule has 1 aromatic heterocycles. The largest absolute Gasteiger partial charge is 0.374 e. The van der Waals surface area contributed by atoms with E-state index in [1.807, 2.05) is 11.0 Å². The van der Waals surface area contributed by atoms with Gasteiger partial charge in [0.15, 0.2) is 0 Å². The van der Waals surface area contributed by atoms with E-state index < -0.39 is 33.6 Å². The minimum atomic E-state index is -4.01. The van der Waals surface area contributed by atoms with Crippen LogP contribution >= 0.6 is 0 Å². The highest BCUT2D eigenvalue weighted by Gasteiger charge is 2.44. The predicted octanol–water partition coefficient (Wildman–Crippen LogP) is 4.32. The van der Waals surface area contributed by atoms with E-state index in [9.17, 15) is 32.9 Å². The van der Waals surface area contributed by atoms with Gasteiger partial charge < -0.3 is 20.3 Å². The van der Waals surface area contributed by atoms with Gasteiger partial charge in [0.2, 0.25) is 17.7 Å². The zero-order valence-electron chi connectivity index (χ0n) is 35.5. The molecule has 8 rings (SSSR count). The Labute approximate surface area is 368 Å². The molecule has 0 saturated carbocycles. The van der Waals surface area contributed by atoms with E-state index in [4.69, 9.17) is 4.74 Å². The molecule has 4 saturated heterocycles. The molecule has 0 aliphatic carbocycles. The summed E-state index contributed by atoms with van der Waals surface area (Å²) in [6.07, 6.45) is 5.21. The fourth-order valence-electron chi connectivity index (χ4n) is 9.09. The Kier molecular flexibility index (Phi) is 12.7. The predicted molar refractivity (Wildman–Crippen MR) is 234 cm³/mol. The third kappa shape index (κ3) is 9.29. The lowest BCUT2D eigenvalue weighted by Gasteiger charge is -2.40. The number of imide groups is 1. The molecule has 3 amide bonds. The van der Waals surface area contributed by atoms with Gasteiger partial charge >= 0.3 is 10.2 Å². The Morgan fingerprint density at radius 1 is 1.02 bits per heavy atom. The third-order valence-electron chi connectivity index (χ3n) is 13.0. The Balaban J connectivity index is 0.847. The average Bonchev–Trinajstić information content (AvgIpc) is 3.68. The SMILES string of the molecule is CCN(C)S(=O)(=O)Nc1ccc(F)c(Nc2ccc3ncn([C@H]4COC5(CCN(C(=O)CN6CCC(c7ccc(NC8CCC(=O)NC8=O)cc7F)CC6)CC5)C4)c(=O)c3c2)c1C#N. The van der Waals surface area contributed by atoms with Crippen LogP contribution < -0.4 is 26.2 Å². The highest BCUT2D eigenvalue weighted by molar-refractivity contribution is 7.90. The van der Waals surface area contributed by atoms with Crippen LogP contribution in [0.2, 0.25) is 0 Å². The molecule has 20 heteroatoms. The number of ether oxygens (including phenoxy) is 1. The van der Waals surface area contributed by atoms with Crippen molar-refractivity contribution < 1.29 is 36.3 Å². The van der Waals surface area contributed by atoms with Crippen LogP contribution in [0.15, 0.2) is 59.7 Å². The van der Waals surface area contributed by atoms with Crippen LogP contribution in [-0.4, -0.2) is 114 Å². The van der Waals surface area contributed by atoms with Crippen molar-refractivity contribution in [2.24, 2.45) is 0 Å². The second-order valence-corrected chi connectivity index (χ2v) is 18.7. The number of hydrogen-bond donors (Lipinski definition) is 4. The summed E-state index contributed by atoms with van der Waals surface area (Å²) in [5, 5.41) is 18.4. The molecule has 4 aromatic rings. The molecule has 2 atom stereocenters. The number of anilines is 4. The van der Waals surface area contributed by atoms with E-state index in [0.717, 1.165) is 10.4 Å². The quantitative estimate of drug-likeness (QED) is 0.147. The number of halogens is 2. The molecular weight excluding hydrogens is 851 g/mol. The first-order chi connectivity index (χ1) is 30.7. The molecule has 4 aliphatic rings. The van der Waals surface area contributed by atoms with Gasteiger partial charge in [-0.15, -0.1) is 0 Å². The summed E-state index contributed by atoms with van der Waals surface area (Å²) < 4.78 is 67.1. The number of fused-ring (bicyclic) bond motifs is 1. The highest BCUT2D eigenvalue weighted by Crippen LogP contribution is 2.41. The number of carbonyl (C=O) groups excluding carboxylic acids is 3. The number of aromatic nitrogens is 2. The molecule has 64 heavy (non-hydrogen) atoms. The van der Waals surface area contributed by atoms with Crippen molar-refractivity contribution in [2.45, 2.75) is 75.5 Å². The zero-order chi connectivity index (χ0) is 45.3. The first-order valence-electron chi connectivity index (χ1n) is 21.4. The second-order valence-electron chi connectivity index (χ2n) is 17.0. The lowest BCUT2D eigenvalue weighted by atomic mass is 9.87. The highest BCUT2D eigenvalue weighted by atomic mass is 32.2. The number of likely N-dealkylation sites (tertiary alicyclic amines) is 2. The summed E-state index contributed by atoms with van der Waals surface area (Å²) in [5.74, 6) is -1.86. The number of rotatable bonds is 12. The van der Waals surface area contributed by atoms with Crippen molar-refractivity contribution in [1.29, 1.82) is 5.26 Å². The van der Waals surface area contributed by atoms with Crippen LogP contribution in [-0.2, 0) is 29.3 Å². The smallest absolute Gasteiger partial charge is 0.301 e. The standard InChI is InChI=1S/C44H50F2N10O7S/c1-3-53(2)64(61,62)52-37-9-7-34(45)41(33(37)23-47)50-28-5-8-36-32(20-28)43(60)56(26-48-36)30-22-44(63-25-30)14-18-55(19-15-44)40(58)24-54-16-12-27(13-17-54)31-6-4-29(21-35(31)46)49-38-10-11-39(57)51-42(38)59/h4-9,20-21,26-27,30,38,49-50,52H,3,10-19,22,24-25H2,1-2H3,(H,51,57,59)/t30-,38?/m1/s1. The van der Waals surface area contributed by atoms with Crippen molar-refractivity contribution in [3.05, 3.63) is 88.0 Å². The number of nitrogens with zero attached hydrogens (tertiary/aromatic N) is 6. The first-order valence-corrected chi connectivity index (χ1v) is 22.9. The number of carbonyl (C=O) groups is 3. The summed E-state index contributed by atoms with van der Waals surface area (Å²) in [5.41, 5.74) is 0.297. The molecule has 0 bridgehead atoms. The van der Waals surface area contributed by atoms with Crippen molar-refractivity contribution in [3.8, 4) is 6.07 Å². The number of piperidine rings is 3. The van der Waals surface area contributed by atoms with E-state index in [-0.39, 0.29) is 89.3 Å². The Morgan fingerprint density at radius 2 is 1.77 bits per heavy atom. The second kappa shape index (κ2) is 18.2. The molecule has 0 radical (unpaired) electrons. The van der Waals surface area contributed by atoms with E-state index >= 15 is 8.78 Å². The number of benzene rings is 3. The third-order valence-corrected chi connectivity index (χ3v) is 14.5. The normalized spacial score (nSPS) is 20.7. The molecule has 4 aliphatic heterocycles. The van der Waals surface area contributed by atoms with Gasteiger partial charge in [0.1, 0.15) is 29.3 Å². The van der Waals surface area contributed by atoms with E-state index in [1.165, 1.54) is 31.6 Å². The molecule has 3 aromatic carbocycles. The summed E-state index contributed by atoms with van der Waals surface area (Å²) in [4.78, 5) is 59.5. The van der Waals surface area contributed by atoms with Gasteiger partial charge in [0.25, 0.3) is 5.56 Å². The van der Waals surface area contributed by atoms with Crippen LogP contribution in [0.1, 0.15) is 75.0 Å². The maximum atomic E-state index is 15.3. The van der Waals surface area contributed by atoms with E-state index in [1.54, 1.807) is 35.8 Å². The van der Waals surface area contributed by atoms with Gasteiger partial charge in [-0.05, 0) is 106 Å².